The molecule has 0 unspecified atom stereocenters. The zero-order valence-electron chi connectivity index (χ0n) is 10.2. The van der Waals surface area contributed by atoms with Crippen molar-refractivity contribution < 1.29 is 21.8 Å². The van der Waals surface area contributed by atoms with Gasteiger partial charge in [0, 0.05) is 0 Å². The fourth-order valence-electron chi connectivity index (χ4n) is 1.48. The predicted molar refractivity (Wildman–Crippen MR) is 68.4 cm³/mol. The van der Waals surface area contributed by atoms with E-state index in [1.807, 2.05) is 6.92 Å². The number of aldehydes is 1. The van der Waals surface area contributed by atoms with Gasteiger partial charge in [0.1, 0.15) is 4.90 Å². The Morgan fingerprint density at radius 1 is 1.16 bits per heavy atom. The molecule has 2 rings (SSSR count). The van der Waals surface area contributed by atoms with Crippen LogP contribution in [0.5, 0.6) is 0 Å². The summed E-state index contributed by atoms with van der Waals surface area (Å²) in [6.45, 7) is 1.75. The second-order valence-electron chi connectivity index (χ2n) is 4.00. The SMILES string of the molecule is Cc1ccc(S(=O)(=O)[OH+]Cc2ccc(C=O)o2)cc1. The first-order valence-corrected chi connectivity index (χ1v) is 6.99. The molecule has 100 valence electrons. The maximum Gasteiger partial charge on any atom is 0.410 e. The standard InChI is InChI=1S/C13H12O5S/c1-10-2-6-13(7-3-10)19(15,16)17-9-12-5-4-11(8-14)18-12/h2-8H,9H2,1H3/p+1. The first-order chi connectivity index (χ1) is 9.01. The van der Waals surface area contributed by atoms with Crippen LogP contribution in [0.25, 0.3) is 0 Å². The molecule has 6 heteroatoms. The second kappa shape index (κ2) is 5.38. The maximum atomic E-state index is 11.9. The van der Waals surface area contributed by atoms with Crippen molar-refractivity contribution in [3.63, 3.8) is 0 Å². The van der Waals surface area contributed by atoms with Crippen LogP contribution in [0.1, 0.15) is 21.9 Å². The van der Waals surface area contributed by atoms with E-state index in [1.165, 1.54) is 24.3 Å². The lowest BCUT2D eigenvalue weighted by Crippen LogP contribution is -2.10. The Labute approximate surface area is 110 Å². The molecular weight excluding hydrogens is 268 g/mol. The summed E-state index contributed by atoms with van der Waals surface area (Å²) in [7, 11) is -3.70. The van der Waals surface area contributed by atoms with Gasteiger partial charge in [-0.3, -0.25) is 4.79 Å². The molecule has 0 aliphatic rings. The zero-order valence-corrected chi connectivity index (χ0v) is 11.1. The highest BCUT2D eigenvalue weighted by atomic mass is 32.2. The molecule has 0 atom stereocenters. The quantitative estimate of drug-likeness (QED) is 0.362. The van der Waals surface area contributed by atoms with Crippen molar-refractivity contribution >= 4 is 16.4 Å². The Hall–Kier alpha value is -1.92. The predicted octanol–water partition coefficient (Wildman–Crippen LogP) is 1.82. The Kier molecular flexibility index (Phi) is 3.82. The minimum absolute atomic E-state index is 0.121. The number of hydrogen-bond donors (Lipinski definition) is 0. The van der Waals surface area contributed by atoms with Crippen LogP contribution in [0.15, 0.2) is 45.7 Å². The summed E-state index contributed by atoms with van der Waals surface area (Å²) in [5.41, 5.74) is 0.973. The number of aliphatic hydroxyl groups is 1. The van der Waals surface area contributed by atoms with E-state index in [1.54, 1.807) is 12.1 Å². The van der Waals surface area contributed by atoms with Gasteiger partial charge in [-0.25, -0.2) is 0 Å². The highest BCUT2D eigenvalue weighted by molar-refractivity contribution is 7.86. The summed E-state index contributed by atoms with van der Waals surface area (Å²) in [6.07, 6.45) is 0.554. The van der Waals surface area contributed by atoms with Crippen molar-refractivity contribution in [3.8, 4) is 0 Å². The first-order valence-electron chi connectivity index (χ1n) is 5.55. The number of hydrogen-bond acceptors (Lipinski definition) is 4. The van der Waals surface area contributed by atoms with E-state index in [4.69, 9.17) is 4.42 Å². The number of aryl methyl sites for hydroxylation is 1. The Bertz CT molecular complexity index is 667. The van der Waals surface area contributed by atoms with Crippen molar-refractivity contribution in [2.45, 2.75) is 18.4 Å². The lowest BCUT2D eigenvalue weighted by atomic mass is 10.2. The Morgan fingerprint density at radius 2 is 1.84 bits per heavy atom. The van der Waals surface area contributed by atoms with E-state index < -0.39 is 10.1 Å². The summed E-state index contributed by atoms with van der Waals surface area (Å²) in [5.74, 6) is 0.482. The molecule has 0 saturated heterocycles. The molecule has 0 fully saturated rings. The van der Waals surface area contributed by atoms with Gasteiger partial charge in [-0.15, -0.1) is 8.42 Å². The number of carbonyl (C=O) groups is 1. The average Bonchev–Trinajstić information content (AvgIpc) is 2.85. The smallest absolute Gasteiger partial charge is 0.410 e. The monoisotopic (exact) mass is 281 g/mol. The van der Waals surface area contributed by atoms with E-state index in [-0.39, 0.29) is 17.3 Å². The molecule has 1 aromatic heterocycles. The second-order valence-corrected chi connectivity index (χ2v) is 5.68. The number of furan rings is 1. The molecule has 1 N–H and O–H groups in total. The van der Waals surface area contributed by atoms with Gasteiger partial charge in [0.2, 0.25) is 6.61 Å². The maximum absolute atomic E-state index is 11.9. The van der Waals surface area contributed by atoms with E-state index >= 15 is 0 Å². The van der Waals surface area contributed by atoms with E-state index in [9.17, 15) is 13.2 Å². The van der Waals surface area contributed by atoms with Gasteiger partial charge < -0.3 is 8.60 Å². The van der Waals surface area contributed by atoms with E-state index in [2.05, 4.69) is 4.18 Å². The van der Waals surface area contributed by atoms with Crippen LogP contribution >= 0.6 is 0 Å². The van der Waals surface area contributed by atoms with Gasteiger partial charge in [-0.1, -0.05) is 17.7 Å². The Balaban J connectivity index is 2.09. The number of rotatable bonds is 5. The third-order valence-electron chi connectivity index (χ3n) is 2.51. The highest BCUT2D eigenvalue weighted by Crippen LogP contribution is 2.14. The van der Waals surface area contributed by atoms with Crippen molar-refractivity contribution in [2.75, 3.05) is 0 Å². The zero-order chi connectivity index (χ0) is 13.9. The van der Waals surface area contributed by atoms with Gasteiger partial charge in [0.25, 0.3) is 0 Å². The molecule has 0 aliphatic heterocycles. The van der Waals surface area contributed by atoms with Crippen molar-refractivity contribution in [1.29, 1.82) is 0 Å². The van der Waals surface area contributed by atoms with Gasteiger partial charge >= 0.3 is 10.1 Å². The lowest BCUT2D eigenvalue weighted by molar-refractivity contribution is 0.106. The summed E-state index contributed by atoms with van der Waals surface area (Å²) in [6, 6.07) is 9.42. The third-order valence-corrected chi connectivity index (χ3v) is 3.84. The molecule has 0 aliphatic carbocycles. The van der Waals surface area contributed by atoms with Crippen molar-refractivity contribution in [3.05, 3.63) is 53.5 Å². The van der Waals surface area contributed by atoms with Crippen LogP contribution in [-0.4, -0.2) is 18.9 Å². The van der Waals surface area contributed by atoms with Crippen LogP contribution in [0.2, 0.25) is 0 Å². The molecule has 5 nitrogen and oxygen atoms in total. The summed E-state index contributed by atoms with van der Waals surface area (Å²) >= 11 is 0. The van der Waals surface area contributed by atoms with E-state index in [0.717, 1.165) is 5.56 Å². The minimum atomic E-state index is -3.70. The summed E-state index contributed by atoms with van der Waals surface area (Å²) < 4.78 is 32.5. The minimum Gasteiger partial charge on any atom is -0.450 e. The number of benzene rings is 1. The van der Waals surface area contributed by atoms with Gasteiger partial charge in [-0.05, 0) is 31.2 Å². The van der Waals surface area contributed by atoms with Gasteiger partial charge in [-0.2, -0.15) is 0 Å². The van der Waals surface area contributed by atoms with Crippen LogP contribution < -0.4 is 0 Å². The van der Waals surface area contributed by atoms with Crippen molar-refractivity contribution in [1.82, 2.24) is 0 Å². The summed E-state index contributed by atoms with van der Waals surface area (Å²) in [4.78, 5) is 10.6. The van der Waals surface area contributed by atoms with Crippen LogP contribution in [-0.2, 0) is 16.7 Å². The molecule has 19 heavy (non-hydrogen) atoms. The largest absolute Gasteiger partial charge is 0.450 e. The molecule has 0 spiro atoms. The molecule has 1 heterocycles. The Morgan fingerprint density at radius 3 is 2.42 bits per heavy atom. The fraction of sp³-hybridized carbons (Fsp3) is 0.154. The van der Waals surface area contributed by atoms with Crippen LogP contribution in [0, 0.1) is 6.92 Å². The molecule has 1 aromatic carbocycles. The average molecular weight is 281 g/mol. The molecule has 0 radical (unpaired) electrons. The van der Waals surface area contributed by atoms with E-state index in [0.29, 0.717) is 12.0 Å². The molecular formula is C13H13O5S+. The first kappa shape index (κ1) is 13.5. The fourth-order valence-corrected chi connectivity index (χ4v) is 2.40. The van der Waals surface area contributed by atoms with Crippen molar-refractivity contribution in [2.24, 2.45) is 0 Å². The molecule has 0 amide bonds. The van der Waals surface area contributed by atoms with Gasteiger partial charge in [0.05, 0.1) is 0 Å². The number of carbonyl (C=O) groups excluding carboxylic acids is 1. The highest BCUT2D eigenvalue weighted by Gasteiger charge is 2.21. The normalized spacial score (nSPS) is 11.4. The topological polar surface area (TPSA) is 77.1 Å². The summed E-state index contributed by atoms with van der Waals surface area (Å²) in [5, 5.41) is 0. The molecule has 2 aromatic rings. The van der Waals surface area contributed by atoms with Gasteiger partial charge in [0.15, 0.2) is 17.8 Å². The van der Waals surface area contributed by atoms with Crippen LogP contribution in [0.3, 0.4) is 0 Å². The molecule has 0 saturated carbocycles. The third kappa shape index (κ3) is 3.30. The lowest BCUT2D eigenvalue weighted by Gasteiger charge is -2.00. The van der Waals surface area contributed by atoms with Crippen LogP contribution in [0.4, 0.5) is 0 Å². The molecule has 0 bridgehead atoms.